The number of nitriles is 1. The molecule has 10 heteroatoms. The zero-order valence-electron chi connectivity index (χ0n) is 20.5. The van der Waals surface area contributed by atoms with Gasteiger partial charge in [-0.25, -0.2) is 0 Å². The normalized spacial score (nSPS) is 15.6. The summed E-state index contributed by atoms with van der Waals surface area (Å²) >= 11 is 6.33. The average Bonchev–Trinajstić information content (AvgIpc) is 3.50. The van der Waals surface area contributed by atoms with Crippen LogP contribution in [0.3, 0.4) is 0 Å². The lowest BCUT2D eigenvalue weighted by atomic mass is 9.72. The molecule has 1 atom stereocenters. The van der Waals surface area contributed by atoms with Crippen LogP contribution >= 0.6 is 39.0 Å². The number of halogens is 1. The second-order valence-electron chi connectivity index (χ2n) is 10.1. The van der Waals surface area contributed by atoms with Crippen LogP contribution in [0.4, 0.5) is 5.00 Å². The number of thioether (sulfide) groups is 1. The fraction of sp³-hybridized carbons (Fsp3) is 0.385. The predicted molar refractivity (Wildman–Crippen MR) is 147 cm³/mol. The maximum Gasteiger partial charge on any atom is 0.235 e. The van der Waals surface area contributed by atoms with E-state index < -0.39 is 0 Å². The fourth-order valence-electron chi connectivity index (χ4n) is 4.60. The van der Waals surface area contributed by atoms with Gasteiger partial charge in [0.1, 0.15) is 16.7 Å². The molecule has 0 unspecified atom stereocenters. The fourth-order valence-corrected chi connectivity index (χ4v) is 6.99. The molecule has 186 valence electrons. The number of carbonyl (C=O) groups is 1. The van der Waals surface area contributed by atoms with E-state index in [9.17, 15) is 10.1 Å². The summed E-state index contributed by atoms with van der Waals surface area (Å²) in [4.78, 5) is 14.0. The monoisotopic (exact) mass is 583 g/mol. The second kappa shape index (κ2) is 9.69. The number of thiophene rings is 1. The maximum atomic E-state index is 12.8. The highest BCUT2D eigenvalue weighted by Crippen LogP contribution is 2.44. The highest BCUT2D eigenvalue weighted by Gasteiger charge is 2.32. The van der Waals surface area contributed by atoms with Crippen LogP contribution in [0.5, 0.6) is 0 Å². The Kier molecular flexibility index (Phi) is 6.74. The van der Waals surface area contributed by atoms with E-state index in [1.54, 1.807) is 11.3 Å². The number of aromatic nitrogens is 3. The van der Waals surface area contributed by atoms with Crippen LogP contribution in [-0.2, 0) is 24.7 Å². The van der Waals surface area contributed by atoms with E-state index in [0.29, 0.717) is 33.2 Å². The summed E-state index contributed by atoms with van der Waals surface area (Å²) in [6, 6.07) is 10.1. The molecule has 0 radical (unpaired) electrons. The highest BCUT2D eigenvalue weighted by atomic mass is 79.9. The number of hydrogen-bond donors (Lipinski definition) is 1. The second-order valence-corrected chi connectivity index (χ2v) is 13.1. The molecule has 1 aliphatic carbocycles. The quantitative estimate of drug-likeness (QED) is 0.259. The maximum absolute atomic E-state index is 12.8. The number of furan rings is 1. The van der Waals surface area contributed by atoms with Crippen molar-refractivity contribution in [2.24, 2.45) is 18.4 Å². The number of nitrogens with zero attached hydrogens (tertiary/aromatic N) is 4. The van der Waals surface area contributed by atoms with Crippen molar-refractivity contribution in [3.8, 4) is 17.7 Å². The molecule has 5 rings (SSSR count). The van der Waals surface area contributed by atoms with Gasteiger partial charge in [0.05, 0.1) is 11.3 Å². The van der Waals surface area contributed by atoms with E-state index in [4.69, 9.17) is 4.42 Å². The topological polar surface area (TPSA) is 96.7 Å². The van der Waals surface area contributed by atoms with Gasteiger partial charge in [-0.3, -0.25) is 4.79 Å². The molecule has 1 N–H and O–H groups in total. The van der Waals surface area contributed by atoms with Crippen molar-refractivity contribution in [1.29, 1.82) is 5.26 Å². The third-order valence-electron chi connectivity index (χ3n) is 6.72. The van der Waals surface area contributed by atoms with E-state index in [1.807, 2.05) is 35.9 Å². The van der Waals surface area contributed by atoms with Crippen molar-refractivity contribution < 1.29 is 9.21 Å². The van der Waals surface area contributed by atoms with Crippen LogP contribution in [0.2, 0.25) is 0 Å². The molecule has 36 heavy (non-hydrogen) atoms. The number of fused-ring (bicyclic) bond motifs is 2. The van der Waals surface area contributed by atoms with Gasteiger partial charge in [0.15, 0.2) is 16.7 Å². The molecule has 1 aromatic carbocycles. The molecule has 0 bridgehead atoms. The lowest BCUT2D eigenvalue weighted by Crippen LogP contribution is -2.26. The molecular weight excluding hydrogens is 558 g/mol. The Morgan fingerprint density at radius 1 is 1.36 bits per heavy atom. The van der Waals surface area contributed by atoms with Crippen molar-refractivity contribution in [1.82, 2.24) is 14.8 Å². The first-order valence-electron chi connectivity index (χ1n) is 11.7. The largest absolute Gasteiger partial charge is 0.453 e. The standard InChI is InChI=1S/C26H26BrN5O2S2/c1-26(2,3)15-5-7-17-18(12-28)24(36-21(17)11-15)29-22(33)13-35-25-31-30-23(32(25)4)20-10-14-9-16(27)6-8-19(14)34-20/h6,8-10,15H,5,7,11,13H2,1-4H3,(H,29,33)/t15-/m0/s1. The molecular formula is C26H26BrN5O2S2. The average molecular weight is 585 g/mol. The van der Waals surface area contributed by atoms with E-state index in [0.717, 1.165) is 40.3 Å². The molecule has 3 aromatic heterocycles. The van der Waals surface area contributed by atoms with Gasteiger partial charge in [-0.15, -0.1) is 21.5 Å². The van der Waals surface area contributed by atoms with Gasteiger partial charge in [0.25, 0.3) is 0 Å². The molecule has 1 aliphatic rings. The van der Waals surface area contributed by atoms with Crippen LogP contribution in [-0.4, -0.2) is 26.4 Å². The van der Waals surface area contributed by atoms with Crippen molar-refractivity contribution >= 4 is 60.9 Å². The van der Waals surface area contributed by atoms with Gasteiger partial charge in [0.2, 0.25) is 5.91 Å². The van der Waals surface area contributed by atoms with E-state index in [2.05, 4.69) is 58.3 Å². The van der Waals surface area contributed by atoms with Crippen LogP contribution in [0.25, 0.3) is 22.6 Å². The zero-order chi connectivity index (χ0) is 25.6. The summed E-state index contributed by atoms with van der Waals surface area (Å²) < 4.78 is 8.74. The van der Waals surface area contributed by atoms with Crippen LogP contribution < -0.4 is 5.32 Å². The van der Waals surface area contributed by atoms with Gasteiger partial charge < -0.3 is 14.3 Å². The molecule has 4 aromatic rings. The Morgan fingerprint density at radius 3 is 2.92 bits per heavy atom. The number of carbonyl (C=O) groups excluding carboxylic acids is 1. The molecule has 0 aliphatic heterocycles. The highest BCUT2D eigenvalue weighted by molar-refractivity contribution is 9.10. The first-order valence-corrected chi connectivity index (χ1v) is 14.3. The van der Waals surface area contributed by atoms with Crippen molar-refractivity contribution in [2.75, 3.05) is 11.1 Å². The summed E-state index contributed by atoms with van der Waals surface area (Å²) in [5.74, 6) is 1.78. The minimum absolute atomic E-state index is 0.164. The SMILES string of the molecule is Cn1c(SCC(=O)Nc2sc3c(c2C#N)CC[C@H](C(C)(C)C)C3)nnc1-c1cc2cc(Br)ccc2o1. The number of nitrogens with one attached hydrogen (secondary N) is 1. The van der Waals surface area contributed by atoms with E-state index in [1.165, 1.54) is 16.6 Å². The summed E-state index contributed by atoms with van der Waals surface area (Å²) in [6.45, 7) is 6.81. The van der Waals surface area contributed by atoms with Gasteiger partial charge in [-0.1, -0.05) is 48.5 Å². The van der Waals surface area contributed by atoms with Crippen LogP contribution in [0, 0.1) is 22.7 Å². The number of amides is 1. The summed E-state index contributed by atoms with van der Waals surface area (Å²) in [6.07, 6.45) is 2.92. The smallest absolute Gasteiger partial charge is 0.235 e. The van der Waals surface area contributed by atoms with Crippen LogP contribution in [0.15, 0.2) is 38.3 Å². The minimum atomic E-state index is -0.166. The molecule has 3 heterocycles. The van der Waals surface area contributed by atoms with Gasteiger partial charge in [0, 0.05) is 21.8 Å². The predicted octanol–water partition coefficient (Wildman–Crippen LogP) is 6.81. The van der Waals surface area contributed by atoms with Gasteiger partial charge >= 0.3 is 0 Å². The van der Waals surface area contributed by atoms with Crippen molar-refractivity contribution in [2.45, 2.75) is 45.2 Å². The number of anilines is 1. The minimum Gasteiger partial charge on any atom is -0.453 e. The Morgan fingerprint density at radius 2 is 2.17 bits per heavy atom. The molecule has 0 saturated carbocycles. The van der Waals surface area contributed by atoms with E-state index in [-0.39, 0.29) is 17.1 Å². The number of rotatable bonds is 5. The summed E-state index contributed by atoms with van der Waals surface area (Å²) in [7, 11) is 1.85. The lowest BCUT2D eigenvalue weighted by Gasteiger charge is -2.33. The molecule has 0 spiro atoms. The first kappa shape index (κ1) is 25.1. The summed E-state index contributed by atoms with van der Waals surface area (Å²) in [5.41, 5.74) is 2.73. The van der Waals surface area contributed by atoms with Gasteiger partial charge in [-0.05, 0) is 60.4 Å². The molecule has 1 amide bonds. The van der Waals surface area contributed by atoms with Crippen LogP contribution in [0.1, 0.15) is 43.2 Å². The van der Waals surface area contributed by atoms with Gasteiger partial charge in [-0.2, -0.15) is 5.26 Å². The Hall–Kier alpha value is -2.61. The Balaban J connectivity index is 1.27. The van der Waals surface area contributed by atoms with Crippen molar-refractivity contribution in [3.63, 3.8) is 0 Å². The number of hydrogen-bond acceptors (Lipinski definition) is 7. The van der Waals surface area contributed by atoms with E-state index >= 15 is 0 Å². The van der Waals surface area contributed by atoms with Crippen molar-refractivity contribution in [3.05, 3.63) is 44.7 Å². The lowest BCUT2D eigenvalue weighted by molar-refractivity contribution is -0.113. The molecule has 7 nitrogen and oxygen atoms in total. The molecule has 0 saturated heterocycles. The zero-order valence-corrected chi connectivity index (χ0v) is 23.7. The Bertz CT molecular complexity index is 1510. The third-order valence-corrected chi connectivity index (χ3v) is 9.40. The molecule has 0 fully saturated rings. The third kappa shape index (κ3) is 4.84. The first-order chi connectivity index (χ1) is 17.1. The Labute approximate surface area is 226 Å². The summed E-state index contributed by atoms with van der Waals surface area (Å²) in [5, 5.41) is 23.5. The number of benzene rings is 1.